The van der Waals surface area contributed by atoms with Gasteiger partial charge in [0.2, 0.25) is 0 Å². The number of methoxy groups -OCH3 is 1. The van der Waals surface area contributed by atoms with Gasteiger partial charge in [-0.25, -0.2) is 9.78 Å². The number of benzene rings is 1. The predicted molar refractivity (Wildman–Crippen MR) is 124 cm³/mol. The number of aromatic hydroxyl groups is 1. The predicted octanol–water partition coefficient (Wildman–Crippen LogP) is 4.49. The number of pyridine rings is 2. The summed E-state index contributed by atoms with van der Waals surface area (Å²) in [7, 11) is 1.42. The molecule has 32 heavy (non-hydrogen) atoms. The molecule has 0 bridgehead atoms. The van der Waals surface area contributed by atoms with Crippen molar-refractivity contribution in [3.63, 3.8) is 0 Å². The maximum absolute atomic E-state index is 13.1. The van der Waals surface area contributed by atoms with Crippen LogP contribution in [0, 0.1) is 0 Å². The van der Waals surface area contributed by atoms with Crippen LogP contribution in [0.3, 0.4) is 0 Å². The van der Waals surface area contributed by atoms with Crippen LogP contribution in [-0.4, -0.2) is 27.7 Å². The third-order valence-corrected chi connectivity index (χ3v) is 5.63. The number of nitrogens with zero attached hydrogens (tertiary/aromatic N) is 2. The van der Waals surface area contributed by atoms with E-state index in [2.05, 4.69) is 0 Å². The molecule has 0 aliphatic carbocycles. The third kappa shape index (κ3) is 3.56. The fourth-order valence-electron chi connectivity index (χ4n) is 4.31. The van der Waals surface area contributed by atoms with E-state index in [0.29, 0.717) is 23.4 Å². The molecule has 0 spiro atoms. The van der Waals surface area contributed by atoms with E-state index in [1.54, 1.807) is 22.8 Å². The highest BCUT2D eigenvalue weighted by Crippen LogP contribution is 2.39. The summed E-state index contributed by atoms with van der Waals surface area (Å²) < 4.78 is 12.1. The molecule has 4 heterocycles. The number of phenolic OH excluding ortho intramolecular Hbond substituents is 1. The van der Waals surface area contributed by atoms with Gasteiger partial charge in [0.1, 0.15) is 12.4 Å². The first-order valence-electron chi connectivity index (χ1n) is 11.1. The van der Waals surface area contributed by atoms with Crippen LogP contribution in [0.25, 0.3) is 22.3 Å². The molecule has 7 heteroatoms. The summed E-state index contributed by atoms with van der Waals surface area (Å²) in [6.07, 6.45) is -0.162. The lowest BCUT2D eigenvalue weighted by Crippen LogP contribution is -2.33. The lowest BCUT2D eigenvalue weighted by atomic mass is 9.97. The Kier molecular flexibility index (Phi) is 6.99. The number of hydrogen-bond acceptors (Lipinski definition) is 6. The van der Waals surface area contributed by atoms with Gasteiger partial charge in [-0.1, -0.05) is 34.6 Å². The van der Waals surface area contributed by atoms with Gasteiger partial charge in [-0.05, 0) is 36.2 Å². The number of aromatic nitrogens is 2. The number of carbonyl (C=O) groups is 1. The molecule has 0 saturated carbocycles. The molecule has 7 nitrogen and oxygen atoms in total. The Morgan fingerprint density at radius 1 is 1.16 bits per heavy atom. The second-order valence-electron chi connectivity index (χ2n) is 7.05. The summed E-state index contributed by atoms with van der Waals surface area (Å²) in [5.41, 5.74) is 5.03. The van der Waals surface area contributed by atoms with Gasteiger partial charge in [-0.3, -0.25) is 4.79 Å². The molecule has 170 valence electrons. The van der Waals surface area contributed by atoms with Crippen molar-refractivity contribution in [1.29, 1.82) is 0 Å². The smallest absolute Gasteiger partial charge is 0.340 e. The molecule has 3 aromatic rings. The van der Waals surface area contributed by atoms with E-state index in [1.165, 1.54) is 7.11 Å². The summed E-state index contributed by atoms with van der Waals surface area (Å²) in [5, 5.41) is 10.8. The van der Waals surface area contributed by atoms with Crippen molar-refractivity contribution < 1.29 is 19.4 Å². The Morgan fingerprint density at radius 3 is 2.53 bits per heavy atom. The highest BCUT2D eigenvalue weighted by molar-refractivity contribution is 5.89. The van der Waals surface area contributed by atoms with E-state index in [0.717, 1.165) is 34.1 Å². The monoisotopic (exact) mass is 438 g/mol. The van der Waals surface area contributed by atoms with Crippen molar-refractivity contribution in [2.45, 2.75) is 60.3 Å². The van der Waals surface area contributed by atoms with Crippen molar-refractivity contribution in [1.82, 2.24) is 9.55 Å². The number of hydrogen-bond donors (Lipinski definition) is 1. The first-order valence-corrected chi connectivity index (χ1v) is 11.1. The first kappa shape index (κ1) is 23.5. The maximum atomic E-state index is 13.1. The van der Waals surface area contributed by atoms with Crippen LogP contribution < -0.4 is 5.56 Å². The summed E-state index contributed by atoms with van der Waals surface area (Å²) >= 11 is 0. The molecular formula is C25H30N2O5. The molecule has 1 atom stereocenters. The van der Waals surface area contributed by atoms with Crippen LogP contribution in [0.2, 0.25) is 0 Å². The molecule has 0 radical (unpaired) electrons. The molecule has 0 saturated heterocycles. The number of phenols is 1. The molecule has 2 aliphatic rings. The number of fused-ring (bicyclic) bond motifs is 5. The first-order chi connectivity index (χ1) is 15.5. The minimum atomic E-state index is -0.908. The average Bonchev–Trinajstić information content (AvgIpc) is 3.19. The van der Waals surface area contributed by atoms with Gasteiger partial charge in [0.25, 0.3) is 5.56 Å². The number of carbonyl (C=O) groups excluding carboxylic acids is 1. The number of cyclic esters (lactones) is 1. The van der Waals surface area contributed by atoms with E-state index in [9.17, 15) is 14.7 Å². The fraction of sp³-hybridized carbons (Fsp3) is 0.400. The molecule has 0 amide bonds. The standard InChI is InChI=1S/C21H18N2O5.2C2H6/c1-3-11-12-6-10(24)4-5-16(12)22-18-14(11)8-23-17(18)7-13-15(20(23)25)9-28-21(26)19(13)27-2;2*1-2/h4-7,19,24H,3,8-9H2,1-2H3;2*1-2H3. The lowest BCUT2D eigenvalue weighted by molar-refractivity contribution is -0.159. The number of aryl methyl sites for hydroxylation is 1. The third-order valence-electron chi connectivity index (χ3n) is 5.63. The molecule has 2 aromatic heterocycles. The van der Waals surface area contributed by atoms with Crippen LogP contribution in [0.4, 0.5) is 0 Å². The van der Waals surface area contributed by atoms with Crippen molar-refractivity contribution >= 4 is 16.9 Å². The Hall–Kier alpha value is -3.19. The topological polar surface area (TPSA) is 90.7 Å². The quantitative estimate of drug-likeness (QED) is 0.464. The van der Waals surface area contributed by atoms with Gasteiger partial charge >= 0.3 is 5.97 Å². The summed E-state index contributed by atoms with van der Waals surface area (Å²) in [4.78, 5) is 30.0. The zero-order valence-electron chi connectivity index (χ0n) is 19.5. The number of ether oxygens (including phenoxy) is 2. The Labute approximate surface area is 187 Å². The molecule has 1 aromatic carbocycles. The minimum Gasteiger partial charge on any atom is -0.508 e. The Morgan fingerprint density at radius 2 is 1.88 bits per heavy atom. The van der Waals surface area contributed by atoms with E-state index >= 15 is 0 Å². The number of esters is 1. The summed E-state index contributed by atoms with van der Waals surface area (Å²) in [6, 6.07) is 6.92. The van der Waals surface area contributed by atoms with Crippen LogP contribution >= 0.6 is 0 Å². The summed E-state index contributed by atoms with van der Waals surface area (Å²) in [5.74, 6) is -0.306. The lowest BCUT2D eigenvalue weighted by Gasteiger charge is -2.24. The molecule has 1 unspecified atom stereocenters. The van der Waals surface area contributed by atoms with Crippen molar-refractivity contribution in [2.75, 3.05) is 7.11 Å². The Bertz CT molecular complexity index is 1230. The largest absolute Gasteiger partial charge is 0.508 e. The van der Waals surface area contributed by atoms with Gasteiger partial charge in [0.15, 0.2) is 6.10 Å². The van der Waals surface area contributed by atoms with E-state index in [1.807, 2.05) is 40.7 Å². The zero-order valence-corrected chi connectivity index (χ0v) is 19.5. The highest BCUT2D eigenvalue weighted by atomic mass is 16.6. The maximum Gasteiger partial charge on any atom is 0.340 e. The second-order valence-corrected chi connectivity index (χ2v) is 7.05. The number of rotatable bonds is 2. The van der Waals surface area contributed by atoms with Gasteiger partial charge in [0.05, 0.1) is 29.0 Å². The van der Waals surface area contributed by atoms with E-state index < -0.39 is 12.1 Å². The summed E-state index contributed by atoms with van der Waals surface area (Å²) in [6.45, 7) is 10.4. The van der Waals surface area contributed by atoms with Crippen LogP contribution in [0.5, 0.6) is 5.75 Å². The van der Waals surface area contributed by atoms with E-state index in [4.69, 9.17) is 14.5 Å². The molecule has 2 aliphatic heterocycles. The van der Waals surface area contributed by atoms with Crippen molar-refractivity contribution in [3.8, 4) is 17.1 Å². The van der Waals surface area contributed by atoms with Crippen molar-refractivity contribution in [2.24, 2.45) is 0 Å². The minimum absolute atomic E-state index is 0.0482. The molecular weight excluding hydrogens is 408 g/mol. The molecule has 5 rings (SSSR count). The highest BCUT2D eigenvalue weighted by Gasteiger charge is 2.35. The van der Waals surface area contributed by atoms with Gasteiger partial charge < -0.3 is 19.1 Å². The molecule has 0 fully saturated rings. The SMILES string of the molecule is CC.CC.CCc1c2c(nc3ccc(O)cc13)-c1cc3c(c(=O)n1C2)COC(=O)C3OC. The molecule has 1 N–H and O–H groups in total. The van der Waals surface area contributed by atoms with Gasteiger partial charge in [0, 0.05) is 23.6 Å². The normalized spacial score (nSPS) is 15.4. The fourth-order valence-corrected chi connectivity index (χ4v) is 4.31. The van der Waals surface area contributed by atoms with E-state index in [-0.39, 0.29) is 17.9 Å². The van der Waals surface area contributed by atoms with Gasteiger partial charge in [-0.2, -0.15) is 0 Å². The Balaban J connectivity index is 0.000000686. The average molecular weight is 439 g/mol. The van der Waals surface area contributed by atoms with Crippen LogP contribution in [0.1, 0.15) is 63.0 Å². The van der Waals surface area contributed by atoms with Crippen molar-refractivity contribution in [3.05, 3.63) is 56.9 Å². The van der Waals surface area contributed by atoms with Gasteiger partial charge in [-0.15, -0.1) is 0 Å². The van der Waals surface area contributed by atoms with Crippen LogP contribution in [-0.2, 0) is 33.8 Å². The zero-order chi connectivity index (χ0) is 23.6. The second kappa shape index (κ2) is 9.53. The van der Waals surface area contributed by atoms with Crippen LogP contribution in [0.15, 0.2) is 29.1 Å².